The second kappa shape index (κ2) is 8.15. The maximum Gasteiger partial charge on any atom is 0.227 e. The lowest BCUT2D eigenvalue weighted by Gasteiger charge is -2.30. The van der Waals surface area contributed by atoms with Crippen molar-refractivity contribution in [3.05, 3.63) is 34.9 Å². The molecule has 3 heteroatoms. The van der Waals surface area contributed by atoms with Crippen LogP contribution in [0.3, 0.4) is 0 Å². The third kappa shape index (κ3) is 4.38. The van der Waals surface area contributed by atoms with Gasteiger partial charge in [0, 0.05) is 19.1 Å². The van der Waals surface area contributed by atoms with Gasteiger partial charge in [-0.25, -0.2) is 0 Å². The Kier molecular flexibility index (Phi) is 5.94. The summed E-state index contributed by atoms with van der Waals surface area (Å²) in [5.41, 5.74) is 4.18. The molecule has 0 atom stereocenters. The van der Waals surface area contributed by atoms with Crippen molar-refractivity contribution in [1.82, 2.24) is 9.80 Å². The Morgan fingerprint density at radius 1 is 1.00 bits per heavy atom. The SMILES string of the molecule is CN(C)CCN(C(=O)Cc1ccc2c(c1)CCCC2)C1CCCC1. The van der Waals surface area contributed by atoms with E-state index >= 15 is 0 Å². The van der Waals surface area contributed by atoms with E-state index < -0.39 is 0 Å². The number of carbonyl (C=O) groups is 1. The number of benzene rings is 1. The minimum Gasteiger partial charge on any atom is -0.338 e. The molecule has 0 N–H and O–H groups in total. The molecule has 1 amide bonds. The minimum atomic E-state index is 0.319. The zero-order valence-corrected chi connectivity index (χ0v) is 15.4. The average molecular weight is 329 g/mol. The van der Waals surface area contributed by atoms with E-state index in [1.807, 2.05) is 0 Å². The van der Waals surface area contributed by atoms with Crippen LogP contribution in [0.5, 0.6) is 0 Å². The first-order chi connectivity index (χ1) is 11.6. The first-order valence-electron chi connectivity index (χ1n) is 9.68. The fourth-order valence-corrected chi connectivity index (χ4v) is 4.21. The Hall–Kier alpha value is -1.35. The van der Waals surface area contributed by atoms with Crippen LogP contribution in [0.25, 0.3) is 0 Å². The van der Waals surface area contributed by atoms with Crippen molar-refractivity contribution < 1.29 is 4.79 Å². The number of nitrogens with zero attached hydrogens (tertiary/aromatic N) is 2. The Morgan fingerprint density at radius 2 is 1.71 bits per heavy atom. The maximum absolute atomic E-state index is 13.0. The Morgan fingerprint density at radius 3 is 2.42 bits per heavy atom. The first kappa shape index (κ1) is 17.5. The third-order valence-corrected chi connectivity index (χ3v) is 5.64. The highest BCUT2D eigenvalue weighted by Crippen LogP contribution is 2.25. The molecule has 1 aromatic carbocycles. The Labute approximate surface area is 147 Å². The summed E-state index contributed by atoms with van der Waals surface area (Å²) < 4.78 is 0. The molecule has 0 bridgehead atoms. The number of carbonyl (C=O) groups excluding carboxylic acids is 1. The van der Waals surface area contributed by atoms with Crippen LogP contribution in [-0.4, -0.2) is 48.9 Å². The summed E-state index contributed by atoms with van der Waals surface area (Å²) in [6.45, 7) is 1.81. The zero-order chi connectivity index (χ0) is 16.9. The molecule has 0 aromatic heterocycles. The second-order valence-electron chi connectivity index (χ2n) is 7.82. The summed E-state index contributed by atoms with van der Waals surface area (Å²) in [4.78, 5) is 17.3. The number of hydrogen-bond acceptors (Lipinski definition) is 2. The van der Waals surface area contributed by atoms with Crippen molar-refractivity contribution in [1.29, 1.82) is 0 Å². The van der Waals surface area contributed by atoms with Gasteiger partial charge in [0.2, 0.25) is 5.91 Å². The van der Waals surface area contributed by atoms with Crippen LogP contribution in [0.1, 0.15) is 55.2 Å². The Balaban J connectivity index is 1.67. The number of hydrogen-bond donors (Lipinski definition) is 0. The fourth-order valence-electron chi connectivity index (χ4n) is 4.21. The summed E-state index contributed by atoms with van der Waals surface area (Å²) in [6.07, 6.45) is 10.5. The van der Waals surface area contributed by atoms with Crippen LogP contribution in [0.2, 0.25) is 0 Å². The lowest BCUT2D eigenvalue weighted by atomic mass is 9.90. The molecule has 0 saturated heterocycles. The van der Waals surface area contributed by atoms with E-state index in [0.717, 1.165) is 13.1 Å². The average Bonchev–Trinajstić information content (AvgIpc) is 3.09. The van der Waals surface area contributed by atoms with Gasteiger partial charge in [0.15, 0.2) is 0 Å². The van der Waals surface area contributed by atoms with Gasteiger partial charge in [-0.05, 0) is 69.3 Å². The Bertz CT molecular complexity index is 561. The van der Waals surface area contributed by atoms with Crippen molar-refractivity contribution in [2.75, 3.05) is 27.2 Å². The number of aryl methyl sites for hydroxylation is 2. The van der Waals surface area contributed by atoms with Gasteiger partial charge in [-0.3, -0.25) is 4.79 Å². The highest BCUT2D eigenvalue weighted by Gasteiger charge is 2.26. The van der Waals surface area contributed by atoms with E-state index in [9.17, 15) is 4.79 Å². The molecule has 1 saturated carbocycles. The fraction of sp³-hybridized carbons (Fsp3) is 0.667. The molecule has 2 aliphatic carbocycles. The summed E-state index contributed by atoms with van der Waals surface area (Å²) >= 11 is 0. The predicted octanol–water partition coefficient (Wildman–Crippen LogP) is 3.44. The molecule has 0 aliphatic heterocycles. The van der Waals surface area contributed by atoms with E-state index in [4.69, 9.17) is 0 Å². The zero-order valence-electron chi connectivity index (χ0n) is 15.4. The summed E-state index contributed by atoms with van der Waals surface area (Å²) in [7, 11) is 4.17. The van der Waals surface area contributed by atoms with Gasteiger partial charge in [0.25, 0.3) is 0 Å². The highest BCUT2D eigenvalue weighted by molar-refractivity contribution is 5.79. The van der Waals surface area contributed by atoms with E-state index in [0.29, 0.717) is 18.4 Å². The highest BCUT2D eigenvalue weighted by atomic mass is 16.2. The quantitative estimate of drug-likeness (QED) is 0.798. The third-order valence-electron chi connectivity index (χ3n) is 5.64. The van der Waals surface area contributed by atoms with Crippen LogP contribution in [-0.2, 0) is 24.1 Å². The van der Waals surface area contributed by atoms with Crippen molar-refractivity contribution in [3.8, 4) is 0 Å². The summed E-state index contributed by atoms with van der Waals surface area (Å²) in [5.74, 6) is 0.319. The van der Waals surface area contributed by atoms with Gasteiger partial charge < -0.3 is 9.80 Å². The molecule has 0 heterocycles. The monoisotopic (exact) mass is 328 g/mol. The molecule has 24 heavy (non-hydrogen) atoms. The molecule has 0 unspecified atom stereocenters. The van der Waals surface area contributed by atoms with Crippen molar-refractivity contribution in [2.24, 2.45) is 0 Å². The molecule has 2 aliphatic rings. The molecular weight excluding hydrogens is 296 g/mol. The molecular formula is C21H32N2O. The molecule has 3 rings (SSSR count). The number of rotatable bonds is 6. The summed E-state index contributed by atoms with van der Waals surface area (Å²) in [6, 6.07) is 7.21. The van der Waals surface area contributed by atoms with Crippen molar-refractivity contribution >= 4 is 5.91 Å². The standard InChI is InChI=1S/C21H32N2O/c1-22(2)13-14-23(20-9-5-6-10-20)21(24)16-17-11-12-18-7-3-4-8-19(18)15-17/h11-12,15,20H,3-10,13-14,16H2,1-2H3. The van der Waals surface area contributed by atoms with Gasteiger partial charge in [-0.2, -0.15) is 0 Å². The molecule has 132 valence electrons. The molecule has 0 spiro atoms. The number of fused-ring (bicyclic) bond motifs is 1. The van der Waals surface area contributed by atoms with Gasteiger partial charge in [0.05, 0.1) is 6.42 Å². The molecule has 1 aromatic rings. The summed E-state index contributed by atoms with van der Waals surface area (Å²) in [5, 5.41) is 0. The van der Waals surface area contributed by atoms with E-state index in [1.54, 1.807) is 0 Å². The van der Waals surface area contributed by atoms with Crippen molar-refractivity contribution in [3.63, 3.8) is 0 Å². The largest absolute Gasteiger partial charge is 0.338 e. The maximum atomic E-state index is 13.0. The van der Waals surface area contributed by atoms with Gasteiger partial charge >= 0.3 is 0 Å². The van der Waals surface area contributed by atoms with E-state index in [1.165, 1.54) is 68.1 Å². The van der Waals surface area contributed by atoms with E-state index in [-0.39, 0.29) is 0 Å². The van der Waals surface area contributed by atoms with Crippen molar-refractivity contribution in [2.45, 2.75) is 63.8 Å². The normalized spacial score (nSPS) is 18.0. The molecule has 0 radical (unpaired) electrons. The van der Waals surface area contributed by atoms with Crippen LogP contribution >= 0.6 is 0 Å². The molecule has 1 fully saturated rings. The van der Waals surface area contributed by atoms with Crippen LogP contribution in [0.4, 0.5) is 0 Å². The lowest BCUT2D eigenvalue weighted by molar-refractivity contribution is -0.132. The van der Waals surface area contributed by atoms with Gasteiger partial charge in [0.1, 0.15) is 0 Å². The van der Waals surface area contributed by atoms with Crippen LogP contribution in [0.15, 0.2) is 18.2 Å². The minimum absolute atomic E-state index is 0.319. The second-order valence-corrected chi connectivity index (χ2v) is 7.82. The predicted molar refractivity (Wildman–Crippen MR) is 99.3 cm³/mol. The lowest BCUT2D eigenvalue weighted by Crippen LogP contribution is -2.43. The smallest absolute Gasteiger partial charge is 0.227 e. The van der Waals surface area contributed by atoms with Crippen LogP contribution < -0.4 is 0 Å². The number of likely N-dealkylation sites (N-methyl/N-ethyl adjacent to an activating group) is 1. The van der Waals surface area contributed by atoms with Gasteiger partial charge in [-0.1, -0.05) is 31.0 Å². The van der Waals surface area contributed by atoms with Crippen LogP contribution in [0, 0.1) is 0 Å². The topological polar surface area (TPSA) is 23.6 Å². The molecule has 3 nitrogen and oxygen atoms in total. The first-order valence-corrected chi connectivity index (χ1v) is 9.68. The number of amides is 1. The van der Waals surface area contributed by atoms with Gasteiger partial charge in [-0.15, -0.1) is 0 Å². The van der Waals surface area contributed by atoms with E-state index in [2.05, 4.69) is 42.1 Å².